The first-order chi connectivity index (χ1) is 12.4. The number of allylic oxidation sites excluding steroid dienone is 2. The van der Waals surface area contributed by atoms with Crippen LogP contribution in [0.1, 0.15) is 71.6 Å². The largest absolute Gasteiger partial charge is 0.481 e. The fourth-order valence-electron chi connectivity index (χ4n) is 4.63. The van der Waals surface area contributed by atoms with Crippen molar-refractivity contribution in [2.75, 3.05) is 0 Å². The van der Waals surface area contributed by atoms with Gasteiger partial charge in [0.2, 0.25) is 0 Å². The number of hydrogen-bond donors (Lipinski definition) is 3. The number of aliphatic carboxylic acids is 1. The minimum Gasteiger partial charge on any atom is -0.481 e. The summed E-state index contributed by atoms with van der Waals surface area (Å²) in [5.74, 6) is 0.656. The van der Waals surface area contributed by atoms with Gasteiger partial charge in [0.1, 0.15) is 0 Å². The van der Waals surface area contributed by atoms with Crippen molar-refractivity contribution in [3.05, 3.63) is 23.8 Å². The summed E-state index contributed by atoms with van der Waals surface area (Å²) in [6.45, 7) is 4.25. The Kier molecular flexibility index (Phi) is 8.36. The second-order valence-electron chi connectivity index (χ2n) is 8.36. The number of aliphatic hydroxyl groups is 2. The molecule has 3 N–H and O–H groups in total. The fraction of sp³-hybridized carbons (Fsp3) is 0.773. The van der Waals surface area contributed by atoms with Crippen molar-refractivity contribution in [2.24, 2.45) is 23.7 Å². The van der Waals surface area contributed by atoms with E-state index < -0.39 is 12.1 Å². The number of unbranched alkanes of at least 4 members (excludes halogenated alkanes) is 2. The Labute approximate surface area is 158 Å². The number of carbonyl (C=O) groups is 1. The lowest BCUT2D eigenvalue weighted by molar-refractivity contribution is -0.137. The van der Waals surface area contributed by atoms with Crippen molar-refractivity contribution >= 4 is 5.97 Å². The van der Waals surface area contributed by atoms with Crippen molar-refractivity contribution in [2.45, 2.75) is 83.8 Å². The molecule has 2 rings (SSSR count). The van der Waals surface area contributed by atoms with Gasteiger partial charge < -0.3 is 15.3 Å². The highest BCUT2D eigenvalue weighted by Gasteiger charge is 2.44. The number of aliphatic hydroxyl groups excluding tert-OH is 2. The van der Waals surface area contributed by atoms with Crippen LogP contribution in [0.5, 0.6) is 0 Å². The van der Waals surface area contributed by atoms with Gasteiger partial charge in [-0.1, -0.05) is 50.5 Å². The summed E-state index contributed by atoms with van der Waals surface area (Å²) in [6, 6.07) is 0. The Balaban J connectivity index is 1.87. The van der Waals surface area contributed by atoms with Gasteiger partial charge in [-0.3, -0.25) is 4.79 Å². The molecule has 0 bridgehead atoms. The van der Waals surface area contributed by atoms with Gasteiger partial charge in [-0.2, -0.15) is 0 Å². The third kappa shape index (κ3) is 5.95. The SMILES string of the molecule is CCCCC(C)C(O)/C=C/[C@@H]1[C@H]2C/C(=C/CCCC(=O)O)C[C@H]2C[C@H]1O. The van der Waals surface area contributed by atoms with Crippen molar-refractivity contribution in [1.82, 2.24) is 0 Å². The smallest absolute Gasteiger partial charge is 0.303 e. The number of rotatable bonds is 10. The first-order valence-electron chi connectivity index (χ1n) is 10.4. The van der Waals surface area contributed by atoms with E-state index in [4.69, 9.17) is 5.11 Å². The molecule has 0 heterocycles. The van der Waals surface area contributed by atoms with Crippen LogP contribution < -0.4 is 0 Å². The van der Waals surface area contributed by atoms with Gasteiger partial charge in [0, 0.05) is 12.3 Å². The lowest BCUT2D eigenvalue weighted by Crippen LogP contribution is -2.19. The van der Waals surface area contributed by atoms with Crippen LogP contribution in [-0.4, -0.2) is 33.5 Å². The zero-order chi connectivity index (χ0) is 19.1. The molecule has 0 aromatic heterocycles. The molecule has 2 fully saturated rings. The van der Waals surface area contributed by atoms with Gasteiger partial charge in [-0.25, -0.2) is 0 Å². The quantitative estimate of drug-likeness (QED) is 0.398. The number of hydrogen-bond acceptors (Lipinski definition) is 3. The summed E-state index contributed by atoms with van der Waals surface area (Å²) in [4.78, 5) is 10.6. The second-order valence-corrected chi connectivity index (χ2v) is 8.36. The standard InChI is InChI=1S/C22H36O4/c1-3-4-7-15(2)20(23)11-10-18-19-13-16(8-5-6-9-22(25)26)12-17(19)14-21(18)24/h8,10-11,15,17-21,23-24H,3-7,9,12-14H2,1-2H3,(H,25,26)/b11-10+,16-8+/t15?,17-,18+,19-,20?,21+/m0/s1. The van der Waals surface area contributed by atoms with Crippen LogP contribution in [0, 0.1) is 23.7 Å². The maximum atomic E-state index is 10.6. The van der Waals surface area contributed by atoms with E-state index in [9.17, 15) is 15.0 Å². The summed E-state index contributed by atoms with van der Waals surface area (Å²) >= 11 is 0. The first-order valence-corrected chi connectivity index (χ1v) is 10.4. The van der Waals surface area contributed by atoms with Crippen LogP contribution in [0.15, 0.2) is 23.8 Å². The molecular formula is C22H36O4. The molecule has 0 spiro atoms. The molecule has 0 amide bonds. The third-order valence-electron chi connectivity index (χ3n) is 6.27. The Hall–Kier alpha value is -1.13. The van der Waals surface area contributed by atoms with E-state index in [0.717, 1.165) is 44.9 Å². The Bertz CT molecular complexity index is 510. The van der Waals surface area contributed by atoms with Crippen molar-refractivity contribution in [1.29, 1.82) is 0 Å². The molecule has 0 saturated heterocycles. The molecule has 2 unspecified atom stereocenters. The predicted molar refractivity (Wildman–Crippen MR) is 104 cm³/mol. The van der Waals surface area contributed by atoms with Crippen molar-refractivity contribution in [3.8, 4) is 0 Å². The number of fused-ring (bicyclic) bond motifs is 1. The minimum absolute atomic E-state index is 0.137. The number of carboxylic acid groups (broad SMARTS) is 1. The van der Waals surface area contributed by atoms with E-state index in [1.54, 1.807) is 0 Å². The molecule has 4 nitrogen and oxygen atoms in total. The highest BCUT2D eigenvalue weighted by Crippen LogP contribution is 2.50. The molecule has 2 aliphatic carbocycles. The summed E-state index contributed by atoms with van der Waals surface area (Å²) in [6.07, 6.45) is 13.4. The molecule has 0 radical (unpaired) electrons. The third-order valence-corrected chi connectivity index (χ3v) is 6.27. The van der Waals surface area contributed by atoms with E-state index in [0.29, 0.717) is 18.3 Å². The van der Waals surface area contributed by atoms with Crippen LogP contribution in [0.2, 0.25) is 0 Å². The number of carboxylic acids is 1. The van der Waals surface area contributed by atoms with Gasteiger partial charge in [0.25, 0.3) is 0 Å². The van der Waals surface area contributed by atoms with Crippen LogP contribution in [0.25, 0.3) is 0 Å². The maximum absolute atomic E-state index is 10.6. The van der Waals surface area contributed by atoms with E-state index in [1.807, 2.05) is 6.08 Å². The Morgan fingerprint density at radius 1 is 1.31 bits per heavy atom. The zero-order valence-electron chi connectivity index (χ0n) is 16.3. The van der Waals surface area contributed by atoms with Crippen molar-refractivity contribution < 1.29 is 20.1 Å². The maximum Gasteiger partial charge on any atom is 0.303 e. The molecule has 0 aliphatic heterocycles. The van der Waals surface area contributed by atoms with E-state index in [1.165, 1.54) is 5.57 Å². The molecule has 6 atom stereocenters. The Morgan fingerprint density at radius 3 is 2.77 bits per heavy atom. The van der Waals surface area contributed by atoms with Gasteiger partial charge in [-0.05, 0) is 56.3 Å². The normalized spacial score (nSPS) is 32.2. The van der Waals surface area contributed by atoms with E-state index in [-0.39, 0.29) is 24.4 Å². The second kappa shape index (κ2) is 10.3. The average molecular weight is 365 g/mol. The van der Waals surface area contributed by atoms with E-state index >= 15 is 0 Å². The summed E-state index contributed by atoms with van der Waals surface area (Å²) in [5, 5.41) is 29.5. The molecule has 26 heavy (non-hydrogen) atoms. The van der Waals surface area contributed by atoms with Gasteiger partial charge in [0.15, 0.2) is 0 Å². The molecule has 2 saturated carbocycles. The van der Waals surface area contributed by atoms with Gasteiger partial charge in [-0.15, -0.1) is 0 Å². The molecule has 148 valence electrons. The fourth-order valence-corrected chi connectivity index (χ4v) is 4.63. The summed E-state index contributed by atoms with van der Waals surface area (Å²) in [5.41, 5.74) is 1.42. The first kappa shape index (κ1) is 21.2. The van der Waals surface area contributed by atoms with Crippen LogP contribution in [0.4, 0.5) is 0 Å². The average Bonchev–Trinajstić information content (AvgIpc) is 3.10. The molecular weight excluding hydrogens is 328 g/mol. The van der Waals surface area contributed by atoms with Crippen LogP contribution >= 0.6 is 0 Å². The van der Waals surface area contributed by atoms with Crippen molar-refractivity contribution in [3.63, 3.8) is 0 Å². The summed E-state index contributed by atoms with van der Waals surface area (Å²) < 4.78 is 0. The van der Waals surface area contributed by atoms with Gasteiger partial charge in [0.05, 0.1) is 12.2 Å². The monoisotopic (exact) mass is 364 g/mol. The van der Waals surface area contributed by atoms with E-state index in [2.05, 4.69) is 26.0 Å². The predicted octanol–water partition coefficient (Wildman–Crippen LogP) is 4.32. The molecule has 0 aromatic rings. The molecule has 4 heteroatoms. The Morgan fingerprint density at radius 2 is 2.08 bits per heavy atom. The lowest BCUT2D eigenvalue weighted by atomic mass is 9.89. The highest BCUT2D eigenvalue weighted by molar-refractivity contribution is 5.66. The lowest BCUT2D eigenvalue weighted by Gasteiger charge is -2.19. The van der Waals surface area contributed by atoms with Gasteiger partial charge >= 0.3 is 5.97 Å². The summed E-state index contributed by atoms with van der Waals surface area (Å²) in [7, 11) is 0. The van der Waals surface area contributed by atoms with Crippen LogP contribution in [-0.2, 0) is 4.79 Å². The van der Waals surface area contributed by atoms with Crippen LogP contribution in [0.3, 0.4) is 0 Å². The molecule has 2 aliphatic rings. The topological polar surface area (TPSA) is 77.8 Å². The molecule has 0 aromatic carbocycles. The minimum atomic E-state index is -0.730. The highest BCUT2D eigenvalue weighted by atomic mass is 16.4. The zero-order valence-corrected chi connectivity index (χ0v) is 16.3.